The van der Waals surface area contributed by atoms with E-state index < -0.39 is 0 Å². The summed E-state index contributed by atoms with van der Waals surface area (Å²) < 4.78 is 0. The molecule has 0 aliphatic carbocycles. The van der Waals surface area contributed by atoms with E-state index in [-0.39, 0.29) is 5.91 Å². The second-order valence-electron chi connectivity index (χ2n) is 4.61. The summed E-state index contributed by atoms with van der Waals surface area (Å²) >= 11 is 0. The van der Waals surface area contributed by atoms with Gasteiger partial charge in [-0.3, -0.25) is 4.79 Å². The molecule has 98 valence electrons. The Balaban J connectivity index is 2.47. The average Bonchev–Trinajstić information content (AvgIpc) is 2.36. The highest BCUT2D eigenvalue weighted by atomic mass is 16.2. The van der Waals surface area contributed by atoms with Gasteiger partial charge in [0.1, 0.15) is 0 Å². The topological polar surface area (TPSA) is 41.5 Å². The summed E-state index contributed by atoms with van der Waals surface area (Å²) in [5.41, 5.74) is 5.31. The molecule has 18 heavy (non-hydrogen) atoms. The first-order valence-corrected chi connectivity index (χ1v) is 6.53. The molecule has 3 heteroatoms. The van der Waals surface area contributed by atoms with Crippen LogP contribution in [-0.4, -0.2) is 11.6 Å². The van der Waals surface area contributed by atoms with Crippen molar-refractivity contribution in [1.82, 2.24) is 5.43 Å². The van der Waals surface area contributed by atoms with E-state index in [4.69, 9.17) is 0 Å². The fourth-order valence-corrected chi connectivity index (χ4v) is 1.68. The highest BCUT2D eigenvalue weighted by molar-refractivity contribution is 5.95. The number of amides is 1. The van der Waals surface area contributed by atoms with Gasteiger partial charge in [-0.25, -0.2) is 5.43 Å². The molecule has 0 fully saturated rings. The van der Waals surface area contributed by atoms with E-state index in [0.717, 1.165) is 24.1 Å². The number of benzene rings is 1. The van der Waals surface area contributed by atoms with Gasteiger partial charge in [0, 0.05) is 11.3 Å². The van der Waals surface area contributed by atoms with Crippen LogP contribution in [0.15, 0.2) is 29.4 Å². The zero-order valence-corrected chi connectivity index (χ0v) is 11.5. The second-order valence-corrected chi connectivity index (χ2v) is 4.61. The van der Waals surface area contributed by atoms with Gasteiger partial charge in [0.25, 0.3) is 5.91 Å². The van der Waals surface area contributed by atoms with Crippen LogP contribution in [0.1, 0.15) is 55.5 Å². The smallest absolute Gasteiger partial charge is 0.267 e. The Bertz CT molecular complexity index is 424. The van der Waals surface area contributed by atoms with Crippen molar-refractivity contribution in [3.8, 4) is 0 Å². The number of rotatable bonds is 6. The monoisotopic (exact) mass is 246 g/mol. The van der Waals surface area contributed by atoms with Gasteiger partial charge >= 0.3 is 0 Å². The SMILES string of the molecule is CCCCC/C(C)=N/NC(=O)c1cccc(C)c1. The predicted octanol–water partition coefficient (Wildman–Crippen LogP) is 3.68. The van der Waals surface area contributed by atoms with Crippen LogP contribution in [0.4, 0.5) is 0 Å². The molecular formula is C15H22N2O. The van der Waals surface area contributed by atoms with Crippen molar-refractivity contribution in [2.75, 3.05) is 0 Å². The maximum atomic E-state index is 11.8. The molecule has 0 aliphatic heterocycles. The summed E-state index contributed by atoms with van der Waals surface area (Å²) in [5.74, 6) is -0.145. The van der Waals surface area contributed by atoms with Gasteiger partial charge in [0.05, 0.1) is 0 Å². The number of aryl methyl sites for hydroxylation is 1. The Labute approximate surface area is 109 Å². The van der Waals surface area contributed by atoms with E-state index in [0.29, 0.717) is 5.56 Å². The fourth-order valence-electron chi connectivity index (χ4n) is 1.68. The molecule has 0 heterocycles. The Morgan fingerprint density at radius 3 is 2.78 bits per heavy atom. The summed E-state index contributed by atoms with van der Waals surface area (Å²) in [6.07, 6.45) is 4.48. The first-order valence-electron chi connectivity index (χ1n) is 6.53. The lowest BCUT2D eigenvalue weighted by Gasteiger charge is -2.03. The standard InChI is InChI=1S/C15H22N2O/c1-4-5-6-9-13(3)16-17-15(18)14-10-7-8-12(2)11-14/h7-8,10-11H,4-6,9H2,1-3H3,(H,17,18)/b16-13+. The zero-order chi connectivity index (χ0) is 13.4. The highest BCUT2D eigenvalue weighted by Gasteiger charge is 2.03. The molecule has 0 saturated carbocycles. The average molecular weight is 246 g/mol. The largest absolute Gasteiger partial charge is 0.271 e. The number of hydrogen-bond acceptors (Lipinski definition) is 2. The lowest BCUT2D eigenvalue weighted by molar-refractivity contribution is 0.0954. The number of carbonyl (C=O) groups is 1. The van der Waals surface area contributed by atoms with Crippen LogP contribution >= 0.6 is 0 Å². The van der Waals surface area contributed by atoms with Crippen LogP contribution in [0.25, 0.3) is 0 Å². The van der Waals surface area contributed by atoms with Gasteiger partial charge in [-0.2, -0.15) is 5.10 Å². The van der Waals surface area contributed by atoms with Crippen LogP contribution in [0.2, 0.25) is 0 Å². The van der Waals surface area contributed by atoms with Crippen molar-refractivity contribution in [3.63, 3.8) is 0 Å². The second kappa shape index (κ2) is 7.64. The minimum absolute atomic E-state index is 0.145. The molecular weight excluding hydrogens is 224 g/mol. The quantitative estimate of drug-likeness (QED) is 0.464. The van der Waals surface area contributed by atoms with Gasteiger partial charge in [0.15, 0.2) is 0 Å². The van der Waals surface area contributed by atoms with Crippen LogP contribution in [0.3, 0.4) is 0 Å². The Kier molecular flexibility index (Phi) is 6.12. The summed E-state index contributed by atoms with van der Waals surface area (Å²) in [6, 6.07) is 7.50. The highest BCUT2D eigenvalue weighted by Crippen LogP contribution is 2.04. The van der Waals surface area contributed by atoms with Crippen LogP contribution in [0, 0.1) is 6.92 Å². The van der Waals surface area contributed by atoms with E-state index in [1.54, 1.807) is 6.07 Å². The van der Waals surface area contributed by atoms with Gasteiger partial charge in [-0.05, 0) is 38.8 Å². The molecule has 1 amide bonds. The maximum Gasteiger partial charge on any atom is 0.271 e. The first-order chi connectivity index (χ1) is 8.63. The van der Waals surface area contributed by atoms with Crippen LogP contribution in [0.5, 0.6) is 0 Å². The molecule has 0 atom stereocenters. The summed E-state index contributed by atoms with van der Waals surface area (Å²) in [5, 5.41) is 4.12. The number of hydrogen-bond donors (Lipinski definition) is 1. The molecule has 1 aromatic rings. The lowest BCUT2D eigenvalue weighted by Crippen LogP contribution is -2.19. The summed E-state index contributed by atoms with van der Waals surface area (Å²) in [7, 11) is 0. The fraction of sp³-hybridized carbons (Fsp3) is 0.467. The minimum atomic E-state index is -0.145. The van der Waals surface area contributed by atoms with Gasteiger partial charge < -0.3 is 0 Å². The molecule has 1 aromatic carbocycles. The Morgan fingerprint density at radius 1 is 1.33 bits per heavy atom. The van der Waals surface area contributed by atoms with Crippen molar-refractivity contribution in [1.29, 1.82) is 0 Å². The molecule has 0 aromatic heterocycles. The third-order valence-corrected chi connectivity index (χ3v) is 2.77. The molecule has 0 saturated heterocycles. The predicted molar refractivity (Wildman–Crippen MR) is 75.9 cm³/mol. The number of unbranched alkanes of at least 4 members (excludes halogenated alkanes) is 2. The number of carbonyl (C=O) groups excluding carboxylic acids is 1. The van der Waals surface area contributed by atoms with Crippen molar-refractivity contribution >= 4 is 11.6 Å². The molecule has 0 unspecified atom stereocenters. The molecule has 0 radical (unpaired) electrons. The minimum Gasteiger partial charge on any atom is -0.267 e. The van der Waals surface area contributed by atoms with E-state index in [1.165, 1.54) is 12.8 Å². The van der Waals surface area contributed by atoms with Gasteiger partial charge in [-0.15, -0.1) is 0 Å². The van der Waals surface area contributed by atoms with Crippen molar-refractivity contribution in [2.24, 2.45) is 5.10 Å². The van der Waals surface area contributed by atoms with Crippen LogP contribution < -0.4 is 5.43 Å². The number of hydrazone groups is 1. The lowest BCUT2D eigenvalue weighted by atomic mass is 10.1. The van der Waals surface area contributed by atoms with E-state index in [2.05, 4.69) is 17.5 Å². The van der Waals surface area contributed by atoms with E-state index in [9.17, 15) is 4.79 Å². The molecule has 1 N–H and O–H groups in total. The third-order valence-electron chi connectivity index (χ3n) is 2.77. The van der Waals surface area contributed by atoms with Crippen molar-refractivity contribution < 1.29 is 4.79 Å². The van der Waals surface area contributed by atoms with Gasteiger partial charge in [0.2, 0.25) is 0 Å². The third kappa shape index (κ3) is 5.13. The normalized spacial score (nSPS) is 11.4. The molecule has 0 bridgehead atoms. The Morgan fingerprint density at radius 2 is 2.11 bits per heavy atom. The molecule has 0 spiro atoms. The summed E-state index contributed by atoms with van der Waals surface area (Å²) in [4.78, 5) is 11.8. The summed E-state index contributed by atoms with van der Waals surface area (Å²) in [6.45, 7) is 6.09. The van der Waals surface area contributed by atoms with Crippen molar-refractivity contribution in [3.05, 3.63) is 35.4 Å². The number of nitrogens with one attached hydrogen (secondary N) is 1. The van der Waals surface area contributed by atoms with Gasteiger partial charge in [-0.1, -0.05) is 37.5 Å². The molecule has 1 rings (SSSR count). The van der Waals surface area contributed by atoms with E-state index >= 15 is 0 Å². The zero-order valence-electron chi connectivity index (χ0n) is 11.5. The van der Waals surface area contributed by atoms with Crippen LogP contribution in [-0.2, 0) is 0 Å². The maximum absolute atomic E-state index is 11.8. The Hall–Kier alpha value is -1.64. The van der Waals surface area contributed by atoms with Crippen molar-refractivity contribution in [2.45, 2.75) is 46.5 Å². The molecule has 0 aliphatic rings. The van der Waals surface area contributed by atoms with E-state index in [1.807, 2.05) is 32.0 Å². The first kappa shape index (κ1) is 14.4. The molecule has 3 nitrogen and oxygen atoms in total. The number of nitrogens with zero attached hydrogens (tertiary/aromatic N) is 1.